The number of hydrogen-bond donors (Lipinski definition) is 0. The summed E-state index contributed by atoms with van der Waals surface area (Å²) in [5, 5.41) is 0. The molecule has 39 heavy (non-hydrogen) atoms. The lowest BCUT2D eigenvalue weighted by atomic mass is 10.1. The molecular weight excluding hydrogens is 508 g/mol. The van der Waals surface area contributed by atoms with Gasteiger partial charge in [0.2, 0.25) is 0 Å². The highest BCUT2D eigenvalue weighted by atomic mass is 16.6. The Morgan fingerprint density at radius 3 is 1.69 bits per heavy atom. The van der Waals surface area contributed by atoms with Gasteiger partial charge in [0.25, 0.3) is 0 Å². The van der Waals surface area contributed by atoms with Crippen molar-refractivity contribution in [1.82, 2.24) is 0 Å². The van der Waals surface area contributed by atoms with Crippen LogP contribution >= 0.6 is 0 Å². The second kappa shape index (κ2) is 22.3. The predicted octanol–water partition coefficient (Wildman–Crippen LogP) is 3.99. The minimum Gasteiger partial charge on any atom is -0.463 e. The van der Waals surface area contributed by atoms with Crippen LogP contribution in [0, 0.1) is 11.8 Å². The van der Waals surface area contributed by atoms with E-state index in [1.807, 2.05) is 51.1 Å². The molecule has 0 saturated carbocycles. The van der Waals surface area contributed by atoms with Crippen molar-refractivity contribution >= 4 is 29.8 Å². The van der Waals surface area contributed by atoms with Crippen LogP contribution in [0.4, 0.5) is 0 Å². The molecule has 2 atom stereocenters. The first-order valence-electron chi connectivity index (χ1n) is 13.1. The van der Waals surface area contributed by atoms with Crippen molar-refractivity contribution in [3.8, 4) is 0 Å². The Morgan fingerprint density at radius 2 is 1.21 bits per heavy atom. The zero-order valence-corrected chi connectivity index (χ0v) is 23.5. The summed E-state index contributed by atoms with van der Waals surface area (Å²) in [4.78, 5) is 56.1. The second-order valence-electron chi connectivity index (χ2n) is 8.53. The minimum atomic E-state index is -0.518. The van der Waals surface area contributed by atoms with E-state index < -0.39 is 11.9 Å². The largest absolute Gasteiger partial charge is 0.463 e. The quantitative estimate of drug-likeness (QED) is 0.121. The molecule has 2 unspecified atom stereocenters. The number of ether oxygens (including phenoxy) is 5. The van der Waals surface area contributed by atoms with Crippen molar-refractivity contribution in [2.45, 2.75) is 59.8 Å². The van der Waals surface area contributed by atoms with Gasteiger partial charge >= 0.3 is 29.8 Å². The molecule has 0 aliphatic heterocycles. The van der Waals surface area contributed by atoms with E-state index >= 15 is 0 Å². The topological polar surface area (TPSA) is 132 Å². The van der Waals surface area contributed by atoms with Gasteiger partial charge in [-0.3, -0.25) is 19.2 Å². The van der Waals surface area contributed by atoms with Crippen molar-refractivity contribution in [2.75, 3.05) is 33.0 Å². The molecule has 0 aliphatic carbocycles. The van der Waals surface area contributed by atoms with Crippen LogP contribution in [-0.4, -0.2) is 62.9 Å². The van der Waals surface area contributed by atoms with Crippen LogP contribution in [0.25, 0.3) is 0 Å². The molecule has 0 spiro atoms. The Hall–Kier alpha value is -3.69. The highest BCUT2D eigenvalue weighted by Gasteiger charge is 2.13. The Kier molecular flexibility index (Phi) is 20.2. The molecule has 0 bridgehead atoms. The van der Waals surface area contributed by atoms with Crippen molar-refractivity contribution < 1.29 is 47.7 Å². The zero-order valence-electron chi connectivity index (χ0n) is 23.5. The summed E-state index contributed by atoms with van der Waals surface area (Å²) in [6.07, 6.45) is 3.27. The second-order valence-corrected chi connectivity index (χ2v) is 8.53. The highest BCUT2D eigenvalue weighted by Crippen LogP contribution is 2.04. The van der Waals surface area contributed by atoms with Crippen LogP contribution in [0.3, 0.4) is 0 Å². The van der Waals surface area contributed by atoms with Gasteiger partial charge in [-0.1, -0.05) is 64.6 Å². The number of benzene rings is 1. The lowest BCUT2D eigenvalue weighted by Gasteiger charge is -2.09. The summed E-state index contributed by atoms with van der Waals surface area (Å²) in [6, 6.07) is 9.37. The van der Waals surface area contributed by atoms with Crippen LogP contribution in [0.1, 0.15) is 58.9 Å². The molecule has 0 aliphatic rings. The van der Waals surface area contributed by atoms with Crippen LogP contribution in [0.5, 0.6) is 0 Å². The third kappa shape index (κ3) is 19.1. The van der Waals surface area contributed by atoms with E-state index in [-0.39, 0.29) is 75.6 Å². The molecule has 1 rings (SSSR count). The monoisotopic (exact) mass is 550 g/mol. The van der Waals surface area contributed by atoms with E-state index in [4.69, 9.17) is 23.7 Å². The van der Waals surface area contributed by atoms with E-state index in [1.165, 1.54) is 0 Å². The van der Waals surface area contributed by atoms with Crippen LogP contribution in [0.15, 0.2) is 43.0 Å². The van der Waals surface area contributed by atoms with Crippen LogP contribution < -0.4 is 0 Å². The van der Waals surface area contributed by atoms with Gasteiger partial charge in [-0.15, -0.1) is 0 Å². The van der Waals surface area contributed by atoms with E-state index in [1.54, 1.807) is 6.92 Å². The molecule has 1 aromatic carbocycles. The third-order valence-corrected chi connectivity index (χ3v) is 5.34. The maximum absolute atomic E-state index is 11.5. The van der Waals surface area contributed by atoms with Crippen molar-refractivity contribution in [3.63, 3.8) is 0 Å². The van der Waals surface area contributed by atoms with E-state index in [2.05, 4.69) is 6.58 Å². The highest BCUT2D eigenvalue weighted by molar-refractivity contribution is 5.81. The van der Waals surface area contributed by atoms with Crippen molar-refractivity contribution in [2.24, 2.45) is 11.8 Å². The smallest absolute Gasteiger partial charge is 0.330 e. The summed E-state index contributed by atoms with van der Waals surface area (Å²) >= 11 is 0. The summed E-state index contributed by atoms with van der Waals surface area (Å²) < 4.78 is 24.5. The number of carbonyl (C=O) groups is 5. The normalized spacial score (nSPS) is 11.5. The molecule has 0 saturated heterocycles. The Morgan fingerprint density at radius 1 is 0.718 bits per heavy atom. The summed E-state index contributed by atoms with van der Waals surface area (Å²) in [5.41, 5.74) is 0.907. The minimum absolute atomic E-state index is 0.0352. The summed E-state index contributed by atoms with van der Waals surface area (Å²) in [6.45, 7) is 11.1. The standard InChI is InChI=1S/C15H20O4.C14H22O6/c1-3-12(2)15(17)19-10-9-18-14(16)11-13-7-5-4-6-8-13;1-4-11(3)14(17)20-10-9-19-13(16)7-6-8-18-12(15)5-2/h4-8,12H,3,9-11H2,1-2H3;5,11H,2,4,6-10H2,1,3H3. The SMILES string of the molecule is C=CC(=O)OCCCC(=O)OCCOC(=O)C(C)CC.CCC(C)C(=O)OCCOC(=O)Cc1ccccc1. The van der Waals surface area contributed by atoms with E-state index in [0.29, 0.717) is 12.8 Å². The average molecular weight is 551 g/mol. The zero-order chi connectivity index (χ0) is 29.5. The fourth-order valence-electron chi connectivity index (χ4n) is 2.55. The molecule has 1 aromatic rings. The third-order valence-electron chi connectivity index (χ3n) is 5.34. The van der Waals surface area contributed by atoms with Crippen molar-refractivity contribution in [3.05, 3.63) is 48.6 Å². The maximum atomic E-state index is 11.5. The first kappa shape index (κ1) is 35.3. The molecule has 0 radical (unpaired) electrons. The predicted molar refractivity (Wildman–Crippen MR) is 143 cm³/mol. The van der Waals surface area contributed by atoms with Crippen LogP contribution in [-0.2, 0) is 54.1 Å². The Labute approximate surface area is 231 Å². The average Bonchev–Trinajstić information content (AvgIpc) is 2.95. The molecule has 0 aromatic heterocycles. The van der Waals surface area contributed by atoms with Gasteiger partial charge in [-0.25, -0.2) is 4.79 Å². The number of rotatable bonds is 17. The Balaban J connectivity index is 0.000000741. The van der Waals surface area contributed by atoms with Gasteiger partial charge in [-0.2, -0.15) is 0 Å². The number of carbonyl (C=O) groups excluding carboxylic acids is 5. The first-order chi connectivity index (χ1) is 18.6. The fraction of sp³-hybridized carbons (Fsp3) is 0.552. The molecule has 0 heterocycles. The summed E-state index contributed by atoms with van der Waals surface area (Å²) in [7, 11) is 0. The van der Waals surface area contributed by atoms with Gasteiger partial charge in [0.1, 0.15) is 26.4 Å². The molecule has 218 valence electrons. The number of hydrogen-bond acceptors (Lipinski definition) is 10. The van der Waals surface area contributed by atoms with Crippen molar-refractivity contribution in [1.29, 1.82) is 0 Å². The molecule has 0 amide bonds. The molecule has 10 heteroatoms. The fourth-order valence-corrected chi connectivity index (χ4v) is 2.55. The van der Waals surface area contributed by atoms with Gasteiger partial charge in [0, 0.05) is 12.5 Å². The van der Waals surface area contributed by atoms with Gasteiger partial charge in [-0.05, 0) is 24.8 Å². The number of esters is 5. The maximum Gasteiger partial charge on any atom is 0.330 e. The van der Waals surface area contributed by atoms with Crippen LogP contribution in [0.2, 0.25) is 0 Å². The van der Waals surface area contributed by atoms with E-state index in [0.717, 1.165) is 18.1 Å². The van der Waals surface area contributed by atoms with Gasteiger partial charge < -0.3 is 23.7 Å². The molecule has 10 nitrogen and oxygen atoms in total. The Bertz CT molecular complexity index is 881. The molecule has 0 N–H and O–H groups in total. The van der Waals surface area contributed by atoms with E-state index in [9.17, 15) is 24.0 Å². The molecular formula is C29H42O10. The lowest BCUT2D eigenvalue weighted by Crippen LogP contribution is -2.18. The lowest BCUT2D eigenvalue weighted by molar-refractivity contribution is -0.155. The summed E-state index contributed by atoms with van der Waals surface area (Å²) in [5.74, 6) is -2.05. The molecule has 0 fully saturated rings. The van der Waals surface area contributed by atoms with Gasteiger partial charge in [0.05, 0.1) is 24.9 Å². The first-order valence-corrected chi connectivity index (χ1v) is 13.1. The van der Waals surface area contributed by atoms with Gasteiger partial charge in [0.15, 0.2) is 0 Å².